The molecule has 11 heteroatoms. The van der Waals surface area contributed by atoms with Crippen LogP contribution >= 0.6 is 0 Å². The monoisotopic (exact) mass is 561 g/mol. The first-order valence-corrected chi connectivity index (χ1v) is 14.0. The van der Waals surface area contributed by atoms with Crippen LogP contribution in [0.15, 0.2) is 72.8 Å². The number of sulfonamides is 1. The average molecular weight is 562 g/mol. The summed E-state index contributed by atoms with van der Waals surface area (Å²) in [6.45, 7) is 2.60. The lowest BCUT2D eigenvalue weighted by Gasteiger charge is -2.34. The molecule has 1 unspecified atom stereocenters. The van der Waals surface area contributed by atoms with Crippen molar-refractivity contribution >= 4 is 27.5 Å². The van der Waals surface area contributed by atoms with E-state index in [2.05, 4.69) is 5.32 Å². The summed E-state index contributed by atoms with van der Waals surface area (Å²) in [7, 11) is -4.13. The van der Waals surface area contributed by atoms with Crippen LogP contribution in [0.4, 0.5) is 18.9 Å². The van der Waals surface area contributed by atoms with E-state index in [4.69, 9.17) is 0 Å². The smallest absolute Gasteiger partial charge is 0.244 e. The zero-order chi connectivity index (χ0) is 28.7. The van der Waals surface area contributed by atoms with Crippen molar-refractivity contribution in [2.24, 2.45) is 0 Å². The van der Waals surface area contributed by atoms with Crippen molar-refractivity contribution in [1.82, 2.24) is 10.2 Å². The normalized spacial score (nSPS) is 12.2. The zero-order valence-electron chi connectivity index (χ0n) is 21.8. The highest BCUT2D eigenvalue weighted by molar-refractivity contribution is 7.92. The molecule has 1 N–H and O–H groups in total. The molecule has 7 nitrogen and oxygen atoms in total. The van der Waals surface area contributed by atoms with Gasteiger partial charge in [-0.15, -0.1) is 0 Å². The number of nitrogens with zero attached hydrogens (tertiary/aromatic N) is 2. The average Bonchev–Trinajstić information content (AvgIpc) is 2.87. The molecule has 3 rings (SSSR count). The summed E-state index contributed by atoms with van der Waals surface area (Å²) < 4.78 is 67.0. The Hall–Kier alpha value is -3.86. The van der Waals surface area contributed by atoms with Crippen LogP contribution in [0, 0.1) is 17.5 Å². The van der Waals surface area contributed by atoms with Gasteiger partial charge < -0.3 is 10.2 Å². The van der Waals surface area contributed by atoms with E-state index in [9.17, 15) is 31.2 Å². The van der Waals surface area contributed by atoms with Crippen LogP contribution in [0.25, 0.3) is 0 Å². The summed E-state index contributed by atoms with van der Waals surface area (Å²) in [5.74, 6) is -4.19. The van der Waals surface area contributed by atoms with Crippen molar-refractivity contribution in [3.63, 3.8) is 0 Å². The van der Waals surface area contributed by atoms with Gasteiger partial charge in [-0.2, -0.15) is 0 Å². The highest BCUT2D eigenvalue weighted by atomic mass is 32.2. The van der Waals surface area contributed by atoms with E-state index in [1.54, 1.807) is 44.2 Å². The number of rotatable bonds is 11. The number of nitrogens with one attached hydrogen (secondary N) is 1. The van der Waals surface area contributed by atoms with Gasteiger partial charge >= 0.3 is 0 Å². The molecule has 3 aromatic rings. The van der Waals surface area contributed by atoms with Crippen LogP contribution in [-0.2, 0) is 32.6 Å². The van der Waals surface area contributed by atoms with E-state index < -0.39 is 51.9 Å². The first kappa shape index (κ1) is 29.7. The van der Waals surface area contributed by atoms with Gasteiger partial charge in [0.05, 0.1) is 11.9 Å². The largest absolute Gasteiger partial charge is 0.352 e. The van der Waals surface area contributed by atoms with Gasteiger partial charge in [-0.05, 0) is 49.2 Å². The second-order valence-corrected chi connectivity index (χ2v) is 11.3. The second-order valence-electron chi connectivity index (χ2n) is 9.38. The minimum absolute atomic E-state index is 0.108. The Balaban J connectivity index is 2.06. The van der Waals surface area contributed by atoms with Crippen molar-refractivity contribution in [3.8, 4) is 0 Å². The van der Waals surface area contributed by atoms with E-state index >= 15 is 0 Å². The van der Waals surface area contributed by atoms with E-state index in [1.807, 2.05) is 0 Å². The van der Waals surface area contributed by atoms with Crippen molar-refractivity contribution in [3.05, 3.63) is 101 Å². The number of carbonyl (C=O) groups excluding carboxylic acids is 2. The molecule has 1 atom stereocenters. The van der Waals surface area contributed by atoms with Crippen LogP contribution in [-0.4, -0.2) is 50.0 Å². The Bertz CT molecular complexity index is 1400. The molecule has 208 valence electrons. The van der Waals surface area contributed by atoms with Gasteiger partial charge in [0, 0.05) is 25.1 Å². The molecule has 0 fully saturated rings. The summed E-state index contributed by atoms with van der Waals surface area (Å²) in [5, 5.41) is 2.81. The fourth-order valence-electron chi connectivity index (χ4n) is 3.98. The van der Waals surface area contributed by atoms with Gasteiger partial charge in [0.2, 0.25) is 21.8 Å². The predicted molar refractivity (Wildman–Crippen MR) is 143 cm³/mol. The van der Waals surface area contributed by atoms with Gasteiger partial charge in [0.1, 0.15) is 18.4 Å². The first-order chi connectivity index (χ1) is 18.3. The standard InChI is InChI=1S/C28H30F3N3O4S/c1-19(2)32-28(36)26(15-20-7-5-4-6-8-20)33(17-21-9-11-22(29)12-10-21)27(35)18-34(39(3,37)38)23-13-14-24(30)25(31)16-23/h4-14,16,19,26H,15,17-18H2,1-3H3,(H,32,36). The summed E-state index contributed by atoms with van der Waals surface area (Å²) in [6.07, 6.45) is 0.940. The van der Waals surface area contributed by atoms with Crippen molar-refractivity contribution < 1.29 is 31.2 Å². The van der Waals surface area contributed by atoms with Crippen LogP contribution in [0.5, 0.6) is 0 Å². The maximum Gasteiger partial charge on any atom is 0.244 e. The molecule has 0 aliphatic rings. The van der Waals surface area contributed by atoms with Gasteiger partial charge in [-0.25, -0.2) is 21.6 Å². The van der Waals surface area contributed by atoms with Crippen LogP contribution in [0.3, 0.4) is 0 Å². The maximum atomic E-state index is 14.0. The number of hydrogen-bond acceptors (Lipinski definition) is 4. The van der Waals surface area contributed by atoms with Gasteiger partial charge in [0.25, 0.3) is 0 Å². The summed E-state index contributed by atoms with van der Waals surface area (Å²) in [6, 6.07) is 15.5. The van der Waals surface area contributed by atoms with Crippen molar-refractivity contribution in [1.29, 1.82) is 0 Å². The molecule has 3 aromatic carbocycles. The molecule has 0 radical (unpaired) electrons. The van der Waals surface area contributed by atoms with Gasteiger partial charge in [-0.1, -0.05) is 42.5 Å². The minimum atomic E-state index is -4.13. The third-order valence-electron chi connectivity index (χ3n) is 5.84. The van der Waals surface area contributed by atoms with E-state index in [1.165, 1.54) is 29.2 Å². The fraction of sp³-hybridized carbons (Fsp3) is 0.286. The number of carbonyl (C=O) groups is 2. The Morgan fingerprint density at radius 2 is 1.51 bits per heavy atom. The fourth-order valence-corrected chi connectivity index (χ4v) is 4.82. The lowest BCUT2D eigenvalue weighted by molar-refractivity contribution is -0.140. The highest BCUT2D eigenvalue weighted by Gasteiger charge is 2.33. The molecular weight excluding hydrogens is 531 g/mol. The van der Waals surface area contributed by atoms with Gasteiger partial charge in [0.15, 0.2) is 11.6 Å². The van der Waals surface area contributed by atoms with Gasteiger partial charge in [-0.3, -0.25) is 13.9 Å². The SMILES string of the molecule is CC(C)NC(=O)C(Cc1ccccc1)N(Cc1ccc(F)cc1)C(=O)CN(c1ccc(F)c(F)c1)S(C)(=O)=O. The van der Waals surface area contributed by atoms with Crippen LogP contribution in [0.2, 0.25) is 0 Å². The predicted octanol–water partition coefficient (Wildman–Crippen LogP) is 4.03. The van der Waals surface area contributed by atoms with Crippen LogP contribution in [0.1, 0.15) is 25.0 Å². The summed E-state index contributed by atoms with van der Waals surface area (Å²) in [5.41, 5.74) is 0.996. The molecule has 39 heavy (non-hydrogen) atoms. The minimum Gasteiger partial charge on any atom is -0.352 e. The Kier molecular flexibility index (Phi) is 9.74. The van der Waals surface area contributed by atoms with Crippen molar-refractivity contribution in [2.75, 3.05) is 17.1 Å². The molecule has 0 heterocycles. The molecule has 0 aliphatic heterocycles. The van der Waals surface area contributed by atoms with E-state index in [0.29, 0.717) is 15.9 Å². The van der Waals surface area contributed by atoms with E-state index in [0.717, 1.165) is 24.0 Å². The molecular formula is C28H30F3N3O4S. The highest BCUT2D eigenvalue weighted by Crippen LogP contribution is 2.22. The van der Waals surface area contributed by atoms with Crippen LogP contribution < -0.4 is 9.62 Å². The zero-order valence-corrected chi connectivity index (χ0v) is 22.6. The van der Waals surface area contributed by atoms with Crippen molar-refractivity contribution in [2.45, 2.75) is 38.9 Å². The lowest BCUT2D eigenvalue weighted by atomic mass is 10.0. The Labute approximate surface area is 226 Å². The number of halogens is 3. The molecule has 0 bridgehead atoms. The summed E-state index contributed by atoms with van der Waals surface area (Å²) in [4.78, 5) is 28.4. The molecule has 0 aromatic heterocycles. The van der Waals surface area contributed by atoms with E-state index in [-0.39, 0.29) is 24.7 Å². The topological polar surface area (TPSA) is 86.8 Å². The number of benzene rings is 3. The molecule has 0 saturated carbocycles. The third-order valence-corrected chi connectivity index (χ3v) is 6.98. The Morgan fingerprint density at radius 3 is 2.08 bits per heavy atom. The number of hydrogen-bond donors (Lipinski definition) is 1. The molecule has 0 saturated heterocycles. The third kappa shape index (κ3) is 8.31. The second kappa shape index (κ2) is 12.8. The first-order valence-electron chi connectivity index (χ1n) is 12.2. The number of anilines is 1. The lowest BCUT2D eigenvalue weighted by Crippen LogP contribution is -2.54. The molecule has 2 amide bonds. The quantitative estimate of drug-likeness (QED) is 0.383. The molecule has 0 spiro atoms. The Morgan fingerprint density at radius 1 is 0.872 bits per heavy atom. The molecule has 0 aliphatic carbocycles. The maximum absolute atomic E-state index is 14.0. The summed E-state index contributed by atoms with van der Waals surface area (Å²) >= 11 is 0. The number of amides is 2.